The highest BCUT2D eigenvalue weighted by Gasteiger charge is 2.11. The molecule has 1 rings (SSSR count). The van der Waals surface area contributed by atoms with Crippen molar-refractivity contribution in [2.24, 2.45) is 11.7 Å². The molecule has 0 radical (unpaired) electrons. The Labute approximate surface area is 108 Å². The van der Waals surface area contributed by atoms with Crippen LogP contribution in [-0.2, 0) is 6.42 Å². The van der Waals surface area contributed by atoms with Gasteiger partial charge in [-0.1, -0.05) is 44.4 Å². The average Bonchev–Trinajstić information content (AvgIpc) is 2.23. The van der Waals surface area contributed by atoms with Gasteiger partial charge in [-0.15, -0.1) is 0 Å². The molecule has 2 N–H and O–H groups in total. The maximum Gasteiger partial charge on any atom is 0.127 e. The molecule has 0 saturated carbocycles. The Bertz CT molecular complexity index is 332. The second-order valence-electron chi connectivity index (χ2n) is 4.99. The molecule has 0 aromatic heterocycles. The lowest BCUT2D eigenvalue weighted by atomic mass is 9.98. The second-order valence-corrected chi connectivity index (χ2v) is 5.40. The van der Waals surface area contributed by atoms with Gasteiger partial charge in [-0.05, 0) is 30.9 Å². The molecular weight excluding hydrogens is 237 g/mol. The number of nitrogens with two attached hydrogens (primary N) is 1. The summed E-state index contributed by atoms with van der Waals surface area (Å²) in [6.45, 7) is 4.39. The number of hydrogen-bond donors (Lipinski definition) is 1. The van der Waals surface area contributed by atoms with E-state index in [1.807, 2.05) is 0 Å². The molecule has 0 bridgehead atoms. The minimum atomic E-state index is -0.253. The number of halogens is 2. The summed E-state index contributed by atoms with van der Waals surface area (Å²) in [4.78, 5) is 0. The van der Waals surface area contributed by atoms with E-state index in [0.29, 0.717) is 22.9 Å². The number of hydrogen-bond acceptors (Lipinski definition) is 1. The van der Waals surface area contributed by atoms with Gasteiger partial charge in [-0.3, -0.25) is 0 Å². The lowest BCUT2D eigenvalue weighted by Crippen LogP contribution is -2.23. The summed E-state index contributed by atoms with van der Waals surface area (Å²) in [6, 6.07) is 4.75. The summed E-state index contributed by atoms with van der Waals surface area (Å²) in [5.41, 5.74) is 6.55. The van der Waals surface area contributed by atoms with Crippen molar-refractivity contribution in [3.63, 3.8) is 0 Å². The molecule has 1 unspecified atom stereocenters. The molecule has 0 spiro atoms. The largest absolute Gasteiger partial charge is 0.327 e. The van der Waals surface area contributed by atoms with Gasteiger partial charge in [-0.25, -0.2) is 4.39 Å². The van der Waals surface area contributed by atoms with Gasteiger partial charge in [0.15, 0.2) is 0 Å². The van der Waals surface area contributed by atoms with Crippen LogP contribution < -0.4 is 5.73 Å². The molecule has 96 valence electrons. The molecule has 1 aromatic rings. The fourth-order valence-electron chi connectivity index (χ4n) is 1.88. The molecular formula is C14H21ClFN. The molecule has 1 aromatic carbocycles. The van der Waals surface area contributed by atoms with Gasteiger partial charge in [0.1, 0.15) is 5.82 Å². The minimum absolute atomic E-state index is 0.0110. The maximum atomic E-state index is 13.5. The van der Waals surface area contributed by atoms with E-state index in [-0.39, 0.29) is 11.9 Å². The summed E-state index contributed by atoms with van der Waals surface area (Å²) in [7, 11) is 0. The maximum absolute atomic E-state index is 13.5. The molecule has 0 aliphatic rings. The van der Waals surface area contributed by atoms with Crippen LogP contribution in [0.3, 0.4) is 0 Å². The van der Waals surface area contributed by atoms with Gasteiger partial charge < -0.3 is 5.73 Å². The van der Waals surface area contributed by atoms with Crippen LogP contribution >= 0.6 is 11.6 Å². The van der Waals surface area contributed by atoms with Gasteiger partial charge in [0.2, 0.25) is 0 Å². The third-order valence-electron chi connectivity index (χ3n) is 2.88. The minimum Gasteiger partial charge on any atom is -0.327 e. The third-order valence-corrected chi connectivity index (χ3v) is 3.24. The summed E-state index contributed by atoms with van der Waals surface area (Å²) < 4.78 is 13.5. The van der Waals surface area contributed by atoms with Crippen molar-refractivity contribution < 1.29 is 4.39 Å². The highest BCUT2D eigenvalue weighted by molar-refractivity contribution is 6.31. The molecule has 0 heterocycles. The van der Waals surface area contributed by atoms with Gasteiger partial charge in [0, 0.05) is 16.6 Å². The first kappa shape index (κ1) is 14.5. The zero-order valence-electron chi connectivity index (χ0n) is 10.5. The zero-order chi connectivity index (χ0) is 12.8. The van der Waals surface area contributed by atoms with Gasteiger partial charge in [0.25, 0.3) is 0 Å². The molecule has 1 nitrogen and oxygen atoms in total. The van der Waals surface area contributed by atoms with Crippen molar-refractivity contribution in [1.29, 1.82) is 0 Å². The molecule has 1 atom stereocenters. The van der Waals surface area contributed by atoms with Crippen molar-refractivity contribution in [3.05, 3.63) is 34.6 Å². The normalized spacial score (nSPS) is 13.1. The highest BCUT2D eigenvalue weighted by Crippen LogP contribution is 2.21. The second kappa shape index (κ2) is 6.97. The Morgan fingerprint density at radius 3 is 2.59 bits per heavy atom. The molecule has 17 heavy (non-hydrogen) atoms. The number of benzene rings is 1. The fraction of sp³-hybridized carbons (Fsp3) is 0.571. The molecule has 3 heteroatoms. The van der Waals surface area contributed by atoms with Crippen LogP contribution in [0.2, 0.25) is 5.02 Å². The van der Waals surface area contributed by atoms with Crippen LogP contribution in [0.15, 0.2) is 18.2 Å². The molecule has 0 aliphatic carbocycles. The third kappa shape index (κ3) is 5.05. The Morgan fingerprint density at radius 2 is 2.00 bits per heavy atom. The van der Waals surface area contributed by atoms with Crippen molar-refractivity contribution in [2.45, 2.75) is 45.6 Å². The Morgan fingerprint density at radius 1 is 1.29 bits per heavy atom. The van der Waals surface area contributed by atoms with Crippen LogP contribution in [0.25, 0.3) is 0 Å². The Kier molecular flexibility index (Phi) is 5.93. The average molecular weight is 258 g/mol. The summed E-state index contributed by atoms with van der Waals surface area (Å²) in [5.74, 6) is 0.441. The van der Waals surface area contributed by atoms with Gasteiger partial charge in [0.05, 0.1) is 0 Å². The summed E-state index contributed by atoms with van der Waals surface area (Å²) in [6.07, 6.45) is 3.69. The monoisotopic (exact) mass is 257 g/mol. The van der Waals surface area contributed by atoms with Crippen molar-refractivity contribution in [3.8, 4) is 0 Å². The smallest absolute Gasteiger partial charge is 0.127 e. The van der Waals surface area contributed by atoms with E-state index in [4.69, 9.17) is 17.3 Å². The van der Waals surface area contributed by atoms with E-state index in [2.05, 4.69) is 13.8 Å². The highest BCUT2D eigenvalue weighted by atomic mass is 35.5. The van der Waals surface area contributed by atoms with E-state index in [1.54, 1.807) is 12.1 Å². The van der Waals surface area contributed by atoms with Crippen LogP contribution in [0.1, 0.15) is 38.7 Å². The fourth-order valence-corrected chi connectivity index (χ4v) is 2.12. The lowest BCUT2D eigenvalue weighted by Gasteiger charge is -2.14. The van der Waals surface area contributed by atoms with Crippen molar-refractivity contribution in [2.75, 3.05) is 0 Å². The van der Waals surface area contributed by atoms with Crippen molar-refractivity contribution in [1.82, 2.24) is 0 Å². The lowest BCUT2D eigenvalue weighted by molar-refractivity contribution is 0.490. The zero-order valence-corrected chi connectivity index (χ0v) is 11.3. The first-order chi connectivity index (χ1) is 8.00. The molecule has 0 amide bonds. The van der Waals surface area contributed by atoms with Gasteiger partial charge in [-0.2, -0.15) is 0 Å². The van der Waals surface area contributed by atoms with E-state index >= 15 is 0 Å². The van der Waals surface area contributed by atoms with Gasteiger partial charge >= 0.3 is 0 Å². The van der Waals surface area contributed by atoms with E-state index in [9.17, 15) is 4.39 Å². The SMILES string of the molecule is CC(C)CCCC(N)Cc1c(F)cccc1Cl. The summed E-state index contributed by atoms with van der Waals surface area (Å²) in [5, 5.41) is 0.476. The predicted molar refractivity (Wildman–Crippen MR) is 71.8 cm³/mol. The van der Waals surface area contributed by atoms with Crippen LogP contribution in [0.5, 0.6) is 0 Å². The quantitative estimate of drug-likeness (QED) is 0.813. The standard InChI is InChI=1S/C14H21ClFN/c1-10(2)5-3-6-11(17)9-12-13(15)7-4-8-14(12)16/h4,7-8,10-11H,3,5-6,9,17H2,1-2H3. The Hall–Kier alpha value is -0.600. The van der Waals surface area contributed by atoms with Crippen LogP contribution in [-0.4, -0.2) is 6.04 Å². The van der Waals surface area contributed by atoms with E-state index in [0.717, 1.165) is 12.8 Å². The molecule has 0 saturated heterocycles. The summed E-state index contributed by atoms with van der Waals surface area (Å²) >= 11 is 5.96. The predicted octanol–water partition coefficient (Wildman–Crippen LogP) is 4.18. The first-order valence-electron chi connectivity index (χ1n) is 6.19. The Balaban J connectivity index is 2.47. The molecule has 0 fully saturated rings. The van der Waals surface area contributed by atoms with Crippen molar-refractivity contribution >= 4 is 11.6 Å². The first-order valence-corrected chi connectivity index (χ1v) is 6.57. The van der Waals surface area contributed by atoms with E-state index in [1.165, 1.54) is 12.5 Å². The van der Waals surface area contributed by atoms with Crippen LogP contribution in [0, 0.1) is 11.7 Å². The number of rotatable bonds is 6. The topological polar surface area (TPSA) is 26.0 Å². The van der Waals surface area contributed by atoms with E-state index < -0.39 is 0 Å². The van der Waals surface area contributed by atoms with Crippen LogP contribution in [0.4, 0.5) is 4.39 Å². The molecule has 0 aliphatic heterocycles.